The van der Waals surface area contributed by atoms with Gasteiger partial charge in [0.05, 0.1) is 23.7 Å². The minimum atomic E-state index is -3.96. The van der Waals surface area contributed by atoms with E-state index >= 15 is 0 Å². The van der Waals surface area contributed by atoms with E-state index in [0.717, 1.165) is 44.5 Å². The molecule has 6 atom stereocenters. The van der Waals surface area contributed by atoms with Gasteiger partial charge < -0.3 is 19.9 Å². The molecule has 1 aliphatic rings. The van der Waals surface area contributed by atoms with Crippen LogP contribution in [0, 0.1) is 12.8 Å². The van der Waals surface area contributed by atoms with Crippen LogP contribution in [0.2, 0.25) is 0 Å². The summed E-state index contributed by atoms with van der Waals surface area (Å²) < 4.78 is 43.0. The number of sulfonamides is 1. The van der Waals surface area contributed by atoms with Gasteiger partial charge in [0.1, 0.15) is 6.04 Å². The van der Waals surface area contributed by atoms with Crippen LogP contribution in [0.3, 0.4) is 0 Å². The molecule has 7 rings (SSSR count). The number of aliphatic hydroxyl groups is 1. The van der Waals surface area contributed by atoms with Gasteiger partial charge in [-0.3, -0.25) is 9.69 Å². The Morgan fingerprint density at radius 2 is 1.38 bits per heavy atom. The number of rotatable bonds is 16. The number of amides is 1. The summed E-state index contributed by atoms with van der Waals surface area (Å²) in [5, 5.41) is 12.7. The summed E-state index contributed by atoms with van der Waals surface area (Å²) in [5.41, 5.74) is 8.63. The lowest BCUT2D eigenvalue weighted by molar-refractivity contribution is -0.276. The predicted octanol–water partition coefficient (Wildman–Crippen LogP) is 8.84. The van der Waals surface area contributed by atoms with E-state index in [1.54, 1.807) is 24.3 Å². The van der Waals surface area contributed by atoms with Gasteiger partial charge in [0.25, 0.3) is 0 Å². The molecular formula is C51H55N3O6S. The van der Waals surface area contributed by atoms with Crippen LogP contribution in [0.4, 0.5) is 0 Å². The van der Waals surface area contributed by atoms with Crippen molar-refractivity contribution < 1.29 is 27.8 Å². The van der Waals surface area contributed by atoms with Gasteiger partial charge in [0, 0.05) is 30.6 Å². The smallest absolute Gasteiger partial charge is 0.241 e. The minimum absolute atomic E-state index is 0.0180. The van der Waals surface area contributed by atoms with Crippen molar-refractivity contribution in [3.05, 3.63) is 197 Å². The zero-order valence-electron chi connectivity index (χ0n) is 35.1. The summed E-state index contributed by atoms with van der Waals surface area (Å²) in [5.74, 6) is -0.371. The van der Waals surface area contributed by atoms with Crippen molar-refractivity contribution in [2.45, 2.75) is 75.8 Å². The second kappa shape index (κ2) is 19.9. The van der Waals surface area contributed by atoms with Crippen LogP contribution in [-0.4, -0.2) is 50.1 Å². The Morgan fingerprint density at radius 3 is 2.05 bits per heavy atom. The molecule has 1 saturated heterocycles. The quantitative estimate of drug-likeness (QED) is 0.0893. The van der Waals surface area contributed by atoms with E-state index in [1.807, 2.05) is 104 Å². The Hall–Kier alpha value is -5.46. The predicted molar refractivity (Wildman–Crippen MR) is 240 cm³/mol. The number of hydrogen-bond donors (Lipinski definition) is 3. The molecular weight excluding hydrogens is 783 g/mol. The lowest BCUT2D eigenvalue weighted by atomic mass is 9.89. The molecule has 6 aromatic rings. The fourth-order valence-corrected chi connectivity index (χ4v) is 8.97. The third kappa shape index (κ3) is 11.1. The Bertz CT molecular complexity index is 2450. The van der Waals surface area contributed by atoms with E-state index < -0.39 is 28.3 Å². The van der Waals surface area contributed by atoms with Crippen molar-refractivity contribution in [3.63, 3.8) is 0 Å². The van der Waals surface area contributed by atoms with E-state index in [0.29, 0.717) is 6.54 Å². The Balaban J connectivity index is 1.05. The normalized spacial score (nSPS) is 19.0. The van der Waals surface area contributed by atoms with Crippen LogP contribution in [-0.2, 0) is 43.9 Å². The highest BCUT2D eigenvalue weighted by atomic mass is 32.2. The molecule has 0 radical (unpaired) electrons. The summed E-state index contributed by atoms with van der Waals surface area (Å²) in [6.45, 7) is 7.18. The van der Waals surface area contributed by atoms with Crippen LogP contribution in [0.25, 0.3) is 11.1 Å². The first kappa shape index (κ1) is 43.6. The first-order valence-corrected chi connectivity index (χ1v) is 22.3. The zero-order valence-corrected chi connectivity index (χ0v) is 36.0. The van der Waals surface area contributed by atoms with Gasteiger partial charge in [-0.05, 0) is 84.5 Å². The minimum Gasteiger partial charge on any atom is -0.392 e. The molecule has 9 nitrogen and oxygen atoms in total. The number of nitrogens with zero attached hydrogens (tertiary/aromatic N) is 1. The third-order valence-corrected chi connectivity index (χ3v) is 13.2. The summed E-state index contributed by atoms with van der Waals surface area (Å²) in [7, 11) is -1.83. The first-order chi connectivity index (χ1) is 29.5. The van der Waals surface area contributed by atoms with Crippen LogP contribution in [0.5, 0.6) is 0 Å². The number of aliphatic hydroxyl groups excluding tert-OH is 1. The van der Waals surface area contributed by atoms with Gasteiger partial charge in [-0.2, -0.15) is 4.72 Å². The van der Waals surface area contributed by atoms with E-state index in [4.69, 9.17) is 9.47 Å². The second-order valence-electron chi connectivity index (χ2n) is 16.1. The summed E-state index contributed by atoms with van der Waals surface area (Å²) >= 11 is 0. The molecule has 0 unspecified atom stereocenters. The molecule has 0 aromatic heterocycles. The summed E-state index contributed by atoms with van der Waals surface area (Å²) in [6.07, 6.45) is -0.770. The Labute approximate surface area is 360 Å². The van der Waals surface area contributed by atoms with Crippen LogP contribution in [0.15, 0.2) is 163 Å². The number of aryl methyl sites for hydroxylation is 1. The largest absolute Gasteiger partial charge is 0.392 e. The molecule has 10 heteroatoms. The number of hydrogen-bond acceptors (Lipinski definition) is 7. The van der Waals surface area contributed by atoms with Gasteiger partial charge in [-0.25, -0.2) is 8.42 Å². The van der Waals surface area contributed by atoms with Crippen molar-refractivity contribution in [2.24, 2.45) is 5.92 Å². The fourth-order valence-electron chi connectivity index (χ4n) is 7.77. The van der Waals surface area contributed by atoms with Gasteiger partial charge in [-0.1, -0.05) is 152 Å². The SMILES string of the molecule is Cc1ccc(S(=O)(=O)N[C@H](Cc2ccccc2)C(=O)NCc2cccc(-c3ccc([C@@H]4O[C@H](CN(C)[C@@H](C)c5ccccc5)[C@H](C)[C@H](c5ccc(CO)cc5)O4)cc3)c2)cc1. The molecule has 1 aliphatic heterocycles. The van der Waals surface area contributed by atoms with Crippen molar-refractivity contribution in [1.82, 2.24) is 14.9 Å². The topological polar surface area (TPSA) is 117 Å². The third-order valence-electron chi connectivity index (χ3n) is 11.7. The first-order valence-electron chi connectivity index (χ1n) is 20.8. The van der Waals surface area contributed by atoms with Gasteiger partial charge >= 0.3 is 0 Å². The van der Waals surface area contributed by atoms with Crippen molar-refractivity contribution in [3.8, 4) is 11.1 Å². The molecule has 0 bridgehead atoms. The van der Waals surface area contributed by atoms with Crippen molar-refractivity contribution >= 4 is 15.9 Å². The second-order valence-corrected chi connectivity index (χ2v) is 17.8. The zero-order chi connectivity index (χ0) is 42.9. The molecule has 6 aromatic carbocycles. The van der Waals surface area contributed by atoms with Crippen LogP contribution in [0.1, 0.15) is 71.2 Å². The maximum absolute atomic E-state index is 13.7. The van der Waals surface area contributed by atoms with Gasteiger partial charge in [0.15, 0.2) is 6.29 Å². The number of likely N-dealkylation sites (N-methyl/N-ethyl adjacent to an activating group) is 1. The maximum atomic E-state index is 13.7. The molecule has 1 fully saturated rings. The van der Waals surface area contributed by atoms with Gasteiger partial charge in [0.2, 0.25) is 15.9 Å². The standard InChI is InChI=1S/C51H55N3O6S/c1-35-18-28-46(29-19-35)61(57,58)53-47(31-38-12-7-5-8-13-38)50(56)52-32-40-14-11-17-45(30-40)42-24-26-44(27-25-42)51-59-48(33-54(4)37(3)41-15-9-6-10-16-41)36(2)49(60-51)43-22-20-39(34-55)21-23-43/h5-30,36-37,47-49,51,53,55H,31-34H2,1-4H3,(H,52,56)/t36-,37-,47+,48+,49+,51+/m0/s1. The number of ether oxygens (including phenoxy) is 2. The lowest BCUT2D eigenvalue weighted by Crippen LogP contribution is -2.47. The van der Waals surface area contributed by atoms with Crippen molar-refractivity contribution in [2.75, 3.05) is 13.6 Å². The van der Waals surface area contributed by atoms with E-state index in [9.17, 15) is 18.3 Å². The Morgan fingerprint density at radius 1 is 0.738 bits per heavy atom. The highest BCUT2D eigenvalue weighted by molar-refractivity contribution is 7.89. The molecule has 3 N–H and O–H groups in total. The molecule has 1 amide bonds. The lowest BCUT2D eigenvalue weighted by Gasteiger charge is -2.43. The molecule has 1 heterocycles. The Kier molecular flexibility index (Phi) is 14.3. The molecule has 0 spiro atoms. The van der Waals surface area contributed by atoms with E-state index in [-0.39, 0.29) is 48.6 Å². The molecule has 0 aliphatic carbocycles. The average molecular weight is 838 g/mol. The fraction of sp³-hybridized carbons (Fsp3) is 0.275. The highest BCUT2D eigenvalue weighted by Gasteiger charge is 2.39. The molecule has 0 saturated carbocycles. The van der Waals surface area contributed by atoms with Crippen molar-refractivity contribution in [1.29, 1.82) is 0 Å². The van der Waals surface area contributed by atoms with E-state index in [2.05, 4.69) is 72.2 Å². The van der Waals surface area contributed by atoms with Crippen LogP contribution < -0.4 is 10.0 Å². The number of carbonyl (C=O) groups is 1. The van der Waals surface area contributed by atoms with Crippen LogP contribution >= 0.6 is 0 Å². The summed E-state index contributed by atoms with van der Waals surface area (Å²) in [4.78, 5) is 16.1. The molecule has 61 heavy (non-hydrogen) atoms. The van der Waals surface area contributed by atoms with E-state index in [1.165, 1.54) is 5.56 Å². The maximum Gasteiger partial charge on any atom is 0.241 e. The highest BCUT2D eigenvalue weighted by Crippen LogP contribution is 2.42. The molecule has 316 valence electrons. The number of nitrogens with one attached hydrogen (secondary N) is 2. The van der Waals surface area contributed by atoms with Gasteiger partial charge in [-0.15, -0.1) is 0 Å². The number of carbonyl (C=O) groups excluding carboxylic acids is 1. The monoisotopic (exact) mass is 837 g/mol. The number of benzene rings is 6. The average Bonchev–Trinajstić information content (AvgIpc) is 3.29. The summed E-state index contributed by atoms with van der Waals surface area (Å²) in [6, 6.07) is 49.7.